The smallest absolute Gasteiger partial charge is 0.0835 e. The van der Waals surface area contributed by atoms with Crippen molar-refractivity contribution in [1.82, 2.24) is 0 Å². The number of hydrogen-bond donors (Lipinski definition) is 0. The SMILES string of the molecule is C[C@@H]1C=CC[C@@](C(C)(C)C)([Si](C)(C)C)O1. The maximum Gasteiger partial charge on any atom is 0.0835 e. The lowest BCUT2D eigenvalue weighted by atomic mass is 9.84. The van der Waals surface area contributed by atoms with Crippen LogP contribution < -0.4 is 0 Å². The molecule has 1 aliphatic heterocycles. The fourth-order valence-electron chi connectivity index (χ4n) is 2.92. The lowest BCUT2D eigenvalue weighted by molar-refractivity contribution is -0.0885. The van der Waals surface area contributed by atoms with Gasteiger partial charge in [-0.3, -0.25) is 0 Å². The highest BCUT2D eigenvalue weighted by Crippen LogP contribution is 2.46. The third-order valence-corrected chi connectivity index (χ3v) is 7.12. The third kappa shape index (κ3) is 2.21. The molecular weight excluding hydrogens is 200 g/mol. The normalized spacial score (nSPS) is 33.1. The van der Waals surface area contributed by atoms with Gasteiger partial charge in [0.25, 0.3) is 0 Å². The van der Waals surface area contributed by atoms with Gasteiger partial charge in [0.2, 0.25) is 0 Å². The Morgan fingerprint density at radius 1 is 1.27 bits per heavy atom. The predicted octanol–water partition coefficient (Wildman–Crippen LogP) is 4.01. The molecule has 0 aliphatic carbocycles. The molecule has 1 nitrogen and oxygen atoms in total. The van der Waals surface area contributed by atoms with Crippen molar-refractivity contribution in [3.8, 4) is 0 Å². The van der Waals surface area contributed by atoms with Crippen LogP contribution in [0.4, 0.5) is 0 Å². The Morgan fingerprint density at radius 2 is 1.80 bits per heavy atom. The Hall–Kier alpha value is -0.0831. The van der Waals surface area contributed by atoms with Gasteiger partial charge in [0.05, 0.1) is 19.4 Å². The van der Waals surface area contributed by atoms with E-state index in [1.807, 2.05) is 0 Å². The molecule has 0 aromatic carbocycles. The van der Waals surface area contributed by atoms with Crippen molar-refractivity contribution in [2.24, 2.45) is 5.41 Å². The van der Waals surface area contributed by atoms with Gasteiger partial charge in [0, 0.05) is 0 Å². The number of rotatable bonds is 1. The van der Waals surface area contributed by atoms with Gasteiger partial charge in [-0.25, -0.2) is 0 Å². The molecule has 1 heterocycles. The Morgan fingerprint density at radius 3 is 2.07 bits per heavy atom. The van der Waals surface area contributed by atoms with Gasteiger partial charge in [-0.15, -0.1) is 0 Å². The standard InChI is InChI=1S/C13H26OSi/c1-11-9-8-10-13(14-11,12(2,3)4)15(5,6)7/h8-9,11H,10H2,1-7H3/t11-,13+/m1/s1. The van der Waals surface area contributed by atoms with Gasteiger partial charge in [0.1, 0.15) is 0 Å². The van der Waals surface area contributed by atoms with Crippen LogP contribution >= 0.6 is 0 Å². The third-order valence-electron chi connectivity index (χ3n) is 3.62. The molecule has 0 amide bonds. The largest absolute Gasteiger partial charge is 0.371 e. The molecular formula is C13H26OSi. The van der Waals surface area contributed by atoms with Gasteiger partial charge in [0.15, 0.2) is 0 Å². The van der Waals surface area contributed by atoms with E-state index in [2.05, 4.69) is 59.5 Å². The summed E-state index contributed by atoms with van der Waals surface area (Å²) < 4.78 is 6.38. The molecule has 0 fully saturated rings. The highest BCUT2D eigenvalue weighted by molar-refractivity contribution is 6.79. The van der Waals surface area contributed by atoms with Crippen LogP contribution in [0.25, 0.3) is 0 Å². The lowest BCUT2D eigenvalue weighted by Gasteiger charge is -2.54. The maximum absolute atomic E-state index is 6.38. The molecule has 0 saturated carbocycles. The Kier molecular flexibility index (Phi) is 3.24. The monoisotopic (exact) mass is 226 g/mol. The predicted molar refractivity (Wildman–Crippen MR) is 69.8 cm³/mol. The zero-order valence-corrected chi connectivity index (χ0v) is 12.3. The summed E-state index contributed by atoms with van der Waals surface area (Å²) in [7, 11) is -1.36. The van der Waals surface area contributed by atoms with E-state index in [4.69, 9.17) is 4.74 Å². The second-order valence-electron chi connectivity index (χ2n) is 6.78. The molecule has 0 bridgehead atoms. The Labute approximate surface area is 95.9 Å². The fraction of sp³-hybridized carbons (Fsp3) is 0.846. The Bertz CT molecular complexity index is 241. The molecule has 2 heteroatoms. The molecule has 0 aromatic rings. The molecule has 1 aliphatic rings. The second kappa shape index (κ2) is 3.74. The van der Waals surface area contributed by atoms with Gasteiger partial charge in [-0.1, -0.05) is 52.6 Å². The van der Waals surface area contributed by atoms with Crippen LogP contribution in [-0.2, 0) is 4.74 Å². The summed E-state index contributed by atoms with van der Waals surface area (Å²) in [4.78, 5) is 0. The average Bonchev–Trinajstić information content (AvgIpc) is 1.99. The van der Waals surface area contributed by atoms with Crippen LogP contribution in [0.5, 0.6) is 0 Å². The fourth-order valence-corrected chi connectivity index (χ4v) is 6.44. The van der Waals surface area contributed by atoms with Crippen molar-refractivity contribution >= 4 is 8.07 Å². The highest BCUT2D eigenvalue weighted by Gasteiger charge is 2.53. The summed E-state index contributed by atoms with van der Waals surface area (Å²) in [5.74, 6) is 0. The van der Waals surface area contributed by atoms with Gasteiger partial charge < -0.3 is 4.74 Å². The molecule has 0 radical (unpaired) electrons. The van der Waals surface area contributed by atoms with E-state index >= 15 is 0 Å². The van der Waals surface area contributed by atoms with Crippen LogP contribution in [0.1, 0.15) is 34.1 Å². The topological polar surface area (TPSA) is 9.23 Å². The zero-order valence-electron chi connectivity index (χ0n) is 11.3. The van der Waals surface area contributed by atoms with E-state index in [9.17, 15) is 0 Å². The van der Waals surface area contributed by atoms with E-state index in [1.54, 1.807) is 0 Å². The van der Waals surface area contributed by atoms with Crippen LogP contribution in [0.3, 0.4) is 0 Å². The molecule has 0 saturated heterocycles. The van der Waals surface area contributed by atoms with Crippen molar-refractivity contribution in [2.45, 2.75) is 65.1 Å². The van der Waals surface area contributed by atoms with E-state index < -0.39 is 8.07 Å². The quantitative estimate of drug-likeness (QED) is 0.485. The average molecular weight is 226 g/mol. The Balaban J connectivity index is 3.15. The minimum absolute atomic E-state index is 0.0775. The second-order valence-corrected chi connectivity index (χ2v) is 12.1. The summed E-state index contributed by atoms with van der Waals surface area (Å²) in [6.45, 7) is 16.4. The first-order chi connectivity index (χ1) is 6.60. The minimum atomic E-state index is -1.36. The molecule has 88 valence electrons. The molecule has 2 atom stereocenters. The zero-order chi connectivity index (χ0) is 11.9. The first-order valence-electron chi connectivity index (χ1n) is 5.95. The first kappa shape index (κ1) is 13.0. The van der Waals surface area contributed by atoms with Crippen molar-refractivity contribution in [3.63, 3.8) is 0 Å². The summed E-state index contributed by atoms with van der Waals surface area (Å²) >= 11 is 0. The molecule has 15 heavy (non-hydrogen) atoms. The van der Waals surface area contributed by atoms with E-state index in [0.717, 1.165) is 6.42 Å². The van der Waals surface area contributed by atoms with E-state index in [-0.39, 0.29) is 16.7 Å². The van der Waals surface area contributed by atoms with Crippen molar-refractivity contribution < 1.29 is 4.74 Å². The van der Waals surface area contributed by atoms with Crippen molar-refractivity contribution in [3.05, 3.63) is 12.2 Å². The number of ether oxygens (including phenoxy) is 1. The first-order valence-corrected chi connectivity index (χ1v) is 9.45. The molecule has 1 rings (SSSR count). The molecule has 0 spiro atoms. The summed E-state index contributed by atoms with van der Waals surface area (Å²) in [5.41, 5.74) is 0.219. The van der Waals surface area contributed by atoms with Crippen molar-refractivity contribution in [1.29, 1.82) is 0 Å². The van der Waals surface area contributed by atoms with Crippen LogP contribution in [0.15, 0.2) is 12.2 Å². The molecule has 0 N–H and O–H groups in total. The van der Waals surface area contributed by atoms with Crippen LogP contribution in [0, 0.1) is 5.41 Å². The van der Waals surface area contributed by atoms with E-state index in [1.165, 1.54) is 0 Å². The van der Waals surface area contributed by atoms with E-state index in [0.29, 0.717) is 0 Å². The van der Waals surface area contributed by atoms with Crippen molar-refractivity contribution in [2.75, 3.05) is 0 Å². The summed E-state index contributed by atoms with van der Waals surface area (Å²) in [6.07, 6.45) is 5.85. The number of hydrogen-bond acceptors (Lipinski definition) is 1. The highest BCUT2D eigenvalue weighted by atomic mass is 28.3. The van der Waals surface area contributed by atoms with Crippen LogP contribution in [0.2, 0.25) is 19.6 Å². The van der Waals surface area contributed by atoms with Gasteiger partial charge >= 0.3 is 0 Å². The summed E-state index contributed by atoms with van der Waals surface area (Å²) in [5, 5.41) is 0.0775. The van der Waals surface area contributed by atoms with Crippen LogP contribution in [-0.4, -0.2) is 19.4 Å². The molecule has 0 aromatic heterocycles. The molecule has 0 unspecified atom stereocenters. The van der Waals surface area contributed by atoms with Gasteiger partial charge in [-0.05, 0) is 18.8 Å². The lowest BCUT2D eigenvalue weighted by Crippen LogP contribution is -2.63. The maximum atomic E-state index is 6.38. The summed E-state index contributed by atoms with van der Waals surface area (Å²) in [6, 6.07) is 0. The minimum Gasteiger partial charge on any atom is -0.371 e. The van der Waals surface area contributed by atoms with Gasteiger partial charge in [-0.2, -0.15) is 0 Å².